The van der Waals surface area contributed by atoms with Crippen LogP contribution in [0.4, 0.5) is 0 Å². The number of aldehydes is 1. The van der Waals surface area contributed by atoms with E-state index in [9.17, 15) is 9.59 Å². The fraction of sp³-hybridized carbons (Fsp3) is 0.600. The van der Waals surface area contributed by atoms with Crippen LogP contribution in [0, 0.1) is 0 Å². The van der Waals surface area contributed by atoms with Gasteiger partial charge in [-0.25, -0.2) is 0 Å². The molecule has 0 bridgehead atoms. The van der Waals surface area contributed by atoms with Gasteiger partial charge in [0.15, 0.2) is 0 Å². The third-order valence-corrected chi connectivity index (χ3v) is 0.780. The maximum Gasteiger partial charge on any atom is 0.234 e. The van der Waals surface area contributed by atoms with Crippen LogP contribution in [0.5, 0.6) is 0 Å². The number of hydrogen-bond donors (Lipinski definition) is 3. The molecule has 0 spiro atoms. The molecule has 0 aliphatic rings. The molecule has 0 saturated carbocycles. The van der Waals surface area contributed by atoms with Crippen LogP contribution in [0.3, 0.4) is 0 Å². The van der Waals surface area contributed by atoms with Gasteiger partial charge in [0.25, 0.3) is 0 Å². The van der Waals surface area contributed by atoms with Gasteiger partial charge in [0.1, 0.15) is 6.29 Å². The molecule has 5 heteroatoms. The Morgan fingerprint density at radius 1 is 1.60 bits per heavy atom. The van der Waals surface area contributed by atoms with Gasteiger partial charge >= 0.3 is 0 Å². The van der Waals surface area contributed by atoms with E-state index < -0.39 is 0 Å². The van der Waals surface area contributed by atoms with Gasteiger partial charge < -0.3 is 15.2 Å². The number of hydrogen-bond acceptors (Lipinski definition) is 4. The molecular weight excluding hydrogens is 136 g/mol. The minimum atomic E-state index is -0.304. The molecule has 0 aromatic carbocycles. The van der Waals surface area contributed by atoms with E-state index in [0.29, 0.717) is 6.29 Å². The molecule has 10 heavy (non-hydrogen) atoms. The monoisotopic (exact) mass is 146 g/mol. The number of carbonyl (C=O) groups is 2. The summed E-state index contributed by atoms with van der Waals surface area (Å²) in [6, 6.07) is 0. The van der Waals surface area contributed by atoms with E-state index in [-0.39, 0.29) is 25.7 Å². The van der Waals surface area contributed by atoms with Crippen LogP contribution in [0.2, 0.25) is 0 Å². The zero-order valence-electron chi connectivity index (χ0n) is 5.46. The Bertz CT molecular complexity index is 115. The number of carbonyl (C=O) groups excluding carboxylic acids is 2. The quantitative estimate of drug-likeness (QED) is 0.305. The van der Waals surface area contributed by atoms with Gasteiger partial charge in [-0.15, -0.1) is 0 Å². The Morgan fingerprint density at radius 3 is 2.80 bits per heavy atom. The number of nitrogens with one attached hydrogen (secondary N) is 2. The van der Waals surface area contributed by atoms with Crippen molar-refractivity contribution in [1.29, 1.82) is 0 Å². The molecule has 0 aliphatic carbocycles. The molecule has 3 N–H and O–H groups in total. The summed E-state index contributed by atoms with van der Waals surface area (Å²) in [5.41, 5.74) is 0. The molecule has 0 heterocycles. The molecule has 58 valence electrons. The van der Waals surface area contributed by atoms with Gasteiger partial charge in [-0.1, -0.05) is 0 Å². The number of rotatable bonds is 5. The first-order chi connectivity index (χ1) is 4.81. The highest BCUT2D eigenvalue weighted by molar-refractivity contribution is 5.79. The largest absolute Gasteiger partial charge is 0.381 e. The molecule has 0 unspecified atom stereocenters. The maximum atomic E-state index is 10.5. The zero-order chi connectivity index (χ0) is 7.82. The van der Waals surface area contributed by atoms with Crippen LogP contribution in [0.1, 0.15) is 0 Å². The molecule has 0 fully saturated rings. The van der Waals surface area contributed by atoms with Gasteiger partial charge in [-0.3, -0.25) is 10.1 Å². The van der Waals surface area contributed by atoms with E-state index in [1.165, 1.54) is 0 Å². The first-order valence-electron chi connectivity index (χ1n) is 2.83. The van der Waals surface area contributed by atoms with E-state index in [1.807, 2.05) is 0 Å². The van der Waals surface area contributed by atoms with E-state index in [4.69, 9.17) is 5.11 Å². The van der Waals surface area contributed by atoms with E-state index >= 15 is 0 Å². The zero-order valence-corrected chi connectivity index (χ0v) is 5.46. The highest BCUT2D eigenvalue weighted by Gasteiger charge is 1.95. The molecule has 0 rings (SSSR count). The molecule has 0 aromatic rings. The Kier molecular flexibility index (Phi) is 5.60. The molecular formula is C5H10N2O3. The fourth-order valence-corrected chi connectivity index (χ4v) is 0.387. The van der Waals surface area contributed by atoms with Crippen LogP contribution < -0.4 is 10.6 Å². The molecule has 0 saturated heterocycles. The second kappa shape index (κ2) is 6.18. The topological polar surface area (TPSA) is 78.4 Å². The summed E-state index contributed by atoms with van der Waals surface area (Å²) in [5, 5.41) is 12.9. The van der Waals surface area contributed by atoms with Crippen molar-refractivity contribution in [2.24, 2.45) is 0 Å². The van der Waals surface area contributed by atoms with Gasteiger partial charge in [-0.2, -0.15) is 0 Å². The summed E-state index contributed by atoms with van der Waals surface area (Å²) in [7, 11) is 0. The highest BCUT2D eigenvalue weighted by atomic mass is 16.3. The smallest absolute Gasteiger partial charge is 0.234 e. The van der Waals surface area contributed by atoms with Crippen molar-refractivity contribution < 1.29 is 14.7 Å². The third kappa shape index (κ3) is 5.20. The molecule has 1 amide bonds. The molecule has 0 aliphatic heterocycles. The summed E-state index contributed by atoms with van der Waals surface area (Å²) >= 11 is 0. The third-order valence-electron chi connectivity index (χ3n) is 0.780. The van der Waals surface area contributed by atoms with Crippen LogP contribution in [0.15, 0.2) is 0 Å². The minimum Gasteiger partial charge on any atom is -0.381 e. The number of aliphatic hydroxyl groups excluding tert-OH is 1. The van der Waals surface area contributed by atoms with Gasteiger partial charge in [0, 0.05) is 0 Å². The highest BCUT2D eigenvalue weighted by Crippen LogP contribution is 1.59. The van der Waals surface area contributed by atoms with Crippen LogP contribution in [0.25, 0.3) is 0 Å². The molecule has 0 atom stereocenters. The molecule has 5 nitrogen and oxygen atoms in total. The number of amides is 1. The summed E-state index contributed by atoms with van der Waals surface area (Å²) < 4.78 is 0. The van der Waals surface area contributed by atoms with E-state index in [1.54, 1.807) is 0 Å². The summed E-state index contributed by atoms with van der Waals surface area (Å²) in [6.45, 7) is -0.190. The Labute approximate surface area is 58.4 Å². The lowest BCUT2D eigenvalue weighted by Gasteiger charge is -1.99. The van der Waals surface area contributed by atoms with Crippen LogP contribution >= 0.6 is 0 Å². The van der Waals surface area contributed by atoms with E-state index in [0.717, 1.165) is 0 Å². The van der Waals surface area contributed by atoms with Crippen molar-refractivity contribution in [2.75, 3.05) is 19.8 Å². The second-order valence-corrected chi connectivity index (χ2v) is 1.56. The average molecular weight is 146 g/mol. The second-order valence-electron chi connectivity index (χ2n) is 1.56. The Morgan fingerprint density at radius 2 is 2.30 bits per heavy atom. The van der Waals surface area contributed by atoms with Crippen LogP contribution in [-0.4, -0.2) is 37.1 Å². The van der Waals surface area contributed by atoms with E-state index in [2.05, 4.69) is 10.6 Å². The van der Waals surface area contributed by atoms with Crippen molar-refractivity contribution in [3.8, 4) is 0 Å². The summed E-state index contributed by atoms with van der Waals surface area (Å²) in [5.74, 6) is -0.304. The lowest BCUT2D eigenvalue weighted by molar-refractivity contribution is -0.121. The maximum absolute atomic E-state index is 10.5. The SMILES string of the molecule is O=CCNC(=O)CNCO. The van der Waals surface area contributed by atoms with Gasteiger partial charge in [0.2, 0.25) is 5.91 Å². The van der Waals surface area contributed by atoms with Gasteiger partial charge in [0.05, 0.1) is 19.8 Å². The molecule has 0 aromatic heterocycles. The first kappa shape index (κ1) is 9.06. The predicted molar refractivity (Wildman–Crippen MR) is 34.2 cm³/mol. The lowest BCUT2D eigenvalue weighted by atomic mass is 10.5. The fourth-order valence-electron chi connectivity index (χ4n) is 0.387. The first-order valence-corrected chi connectivity index (χ1v) is 2.83. The van der Waals surface area contributed by atoms with Gasteiger partial charge in [-0.05, 0) is 0 Å². The van der Waals surface area contributed by atoms with Crippen molar-refractivity contribution >= 4 is 12.2 Å². The Hall–Kier alpha value is -0.940. The summed E-state index contributed by atoms with van der Waals surface area (Å²) in [6.07, 6.45) is 0.594. The van der Waals surface area contributed by atoms with Crippen LogP contribution in [-0.2, 0) is 9.59 Å². The van der Waals surface area contributed by atoms with Crippen molar-refractivity contribution in [1.82, 2.24) is 10.6 Å². The Balaban J connectivity index is 3.16. The summed E-state index contributed by atoms with van der Waals surface area (Å²) in [4.78, 5) is 20.2. The molecule has 0 radical (unpaired) electrons. The van der Waals surface area contributed by atoms with Crippen molar-refractivity contribution in [3.05, 3.63) is 0 Å². The number of aliphatic hydroxyl groups is 1. The standard InChI is InChI=1S/C5H10N2O3/c8-2-1-7-5(10)3-6-4-9/h2,6,9H,1,3-4H2,(H,7,10). The lowest BCUT2D eigenvalue weighted by Crippen LogP contribution is -2.35. The minimum absolute atomic E-state index is 0.0198. The average Bonchev–Trinajstić information content (AvgIpc) is 1.97. The van der Waals surface area contributed by atoms with Crippen molar-refractivity contribution in [2.45, 2.75) is 0 Å². The predicted octanol–water partition coefficient (Wildman–Crippen LogP) is -2.16. The normalized spacial score (nSPS) is 8.90. The van der Waals surface area contributed by atoms with Crippen molar-refractivity contribution in [3.63, 3.8) is 0 Å².